The lowest BCUT2D eigenvalue weighted by Crippen LogP contribution is -2.60. The second-order valence-electron chi connectivity index (χ2n) is 19.7. The average Bonchev–Trinajstić information content (AvgIpc) is 3.31. The molecule has 65 heavy (non-hydrogen) atoms. The van der Waals surface area contributed by atoms with Crippen LogP contribution in [0, 0.1) is 0 Å². The molecule has 0 aromatic heterocycles. The summed E-state index contributed by atoms with van der Waals surface area (Å²) in [5, 5.41) is 76.1. The minimum atomic E-state index is -1.66. The minimum Gasteiger partial charge on any atom is -0.394 e. The maximum absolute atomic E-state index is 13.2. The summed E-state index contributed by atoms with van der Waals surface area (Å²) in [6, 6.07) is -1.17. The fourth-order valence-corrected chi connectivity index (χ4v) is 9.03. The van der Waals surface area contributed by atoms with Gasteiger partial charge in [0.25, 0.3) is 0 Å². The zero-order valence-electron chi connectivity index (χ0n) is 42.0. The van der Waals surface area contributed by atoms with Gasteiger partial charge in [-0.15, -0.1) is 0 Å². The lowest BCUT2D eigenvalue weighted by atomic mass is 9.98. The van der Waals surface area contributed by atoms with Crippen LogP contribution < -0.4 is 5.32 Å². The number of rotatable bonds is 47. The van der Waals surface area contributed by atoms with E-state index in [1.807, 2.05) is 0 Å². The largest absolute Gasteiger partial charge is 0.394 e. The van der Waals surface area contributed by atoms with E-state index in [9.17, 15) is 40.5 Å². The molecule has 0 aromatic carbocycles. The molecule has 0 aromatic rings. The number of nitrogens with one attached hydrogen (secondary N) is 1. The van der Waals surface area contributed by atoms with Gasteiger partial charge < -0.3 is 50.5 Å². The van der Waals surface area contributed by atoms with Crippen LogP contribution in [0.1, 0.15) is 258 Å². The van der Waals surface area contributed by atoms with Crippen molar-refractivity contribution in [3.8, 4) is 0 Å². The van der Waals surface area contributed by atoms with Crippen molar-refractivity contribution in [2.75, 3.05) is 13.2 Å². The fourth-order valence-electron chi connectivity index (χ4n) is 9.03. The molecule has 0 saturated carbocycles. The highest BCUT2D eigenvalue weighted by atomic mass is 16.7. The molecule has 0 radical (unpaired) electrons. The molecule has 0 aliphatic carbocycles. The molecule has 0 bridgehead atoms. The number of unbranched alkanes of at least 4 members (excludes halogenated alkanes) is 33. The first-order chi connectivity index (χ1) is 31.7. The van der Waals surface area contributed by atoms with E-state index in [1.165, 1.54) is 167 Å². The van der Waals surface area contributed by atoms with Crippen LogP contribution in [0.4, 0.5) is 0 Å². The third-order valence-corrected chi connectivity index (χ3v) is 13.6. The van der Waals surface area contributed by atoms with Crippen molar-refractivity contribution in [2.45, 2.75) is 313 Å². The zero-order valence-corrected chi connectivity index (χ0v) is 42.0. The molecule has 1 fully saturated rings. The summed E-state index contributed by atoms with van der Waals surface area (Å²) >= 11 is 0. The van der Waals surface area contributed by atoms with E-state index in [0.29, 0.717) is 19.3 Å². The number of ether oxygens (including phenoxy) is 2. The van der Waals surface area contributed by atoms with Crippen molar-refractivity contribution in [3.63, 3.8) is 0 Å². The van der Waals surface area contributed by atoms with Gasteiger partial charge in [-0.1, -0.05) is 231 Å². The Hall–Kier alpha value is -1.15. The van der Waals surface area contributed by atoms with Crippen LogP contribution >= 0.6 is 0 Å². The Morgan fingerprint density at radius 1 is 0.523 bits per heavy atom. The number of aliphatic hydroxyl groups is 7. The average molecular weight is 928 g/mol. The van der Waals surface area contributed by atoms with Crippen molar-refractivity contribution in [2.24, 2.45) is 0 Å². The topological polar surface area (TPSA) is 189 Å². The molecule has 1 aliphatic heterocycles. The van der Waals surface area contributed by atoms with Gasteiger partial charge in [0.1, 0.15) is 36.6 Å². The van der Waals surface area contributed by atoms with Crippen LogP contribution in [0.2, 0.25) is 0 Å². The molecule has 1 saturated heterocycles. The Morgan fingerprint density at radius 2 is 0.892 bits per heavy atom. The van der Waals surface area contributed by atoms with E-state index in [4.69, 9.17) is 9.47 Å². The Balaban J connectivity index is 2.35. The van der Waals surface area contributed by atoms with Crippen molar-refractivity contribution < 1.29 is 50.0 Å². The number of carbonyl (C=O) groups is 1. The molecule has 1 aliphatic rings. The summed E-state index contributed by atoms with van der Waals surface area (Å²) in [6.07, 6.45) is 38.2. The predicted octanol–water partition coefficient (Wildman–Crippen LogP) is 10.8. The lowest BCUT2D eigenvalue weighted by Gasteiger charge is -2.40. The summed E-state index contributed by atoms with van der Waals surface area (Å²) in [4.78, 5) is 13.2. The van der Waals surface area contributed by atoms with Gasteiger partial charge in [-0.3, -0.25) is 4.79 Å². The number of aliphatic hydroxyl groups excluding tert-OH is 7. The molecule has 1 rings (SSSR count). The van der Waals surface area contributed by atoms with E-state index < -0.39 is 74.2 Å². The zero-order chi connectivity index (χ0) is 47.6. The molecule has 9 atom stereocenters. The van der Waals surface area contributed by atoms with Crippen molar-refractivity contribution in [3.05, 3.63) is 12.2 Å². The number of carbonyl (C=O) groups excluding carboxylic acids is 1. The van der Waals surface area contributed by atoms with Gasteiger partial charge >= 0.3 is 0 Å². The molecule has 0 spiro atoms. The number of allylic oxidation sites excluding steroid dienone is 2. The van der Waals surface area contributed by atoms with Gasteiger partial charge in [-0.2, -0.15) is 0 Å². The lowest BCUT2D eigenvalue weighted by molar-refractivity contribution is -0.303. The molecule has 386 valence electrons. The van der Waals surface area contributed by atoms with Crippen molar-refractivity contribution >= 4 is 5.91 Å². The third kappa shape index (κ3) is 33.1. The highest BCUT2D eigenvalue weighted by Gasteiger charge is 2.44. The van der Waals surface area contributed by atoms with Crippen LogP contribution in [0.25, 0.3) is 0 Å². The molecular weight excluding hydrogens is 823 g/mol. The Morgan fingerprint density at radius 3 is 1.29 bits per heavy atom. The Labute approximate surface area is 398 Å². The summed E-state index contributed by atoms with van der Waals surface area (Å²) in [7, 11) is 0. The second kappa shape index (κ2) is 44.1. The van der Waals surface area contributed by atoms with E-state index >= 15 is 0 Å². The first-order valence-electron chi connectivity index (χ1n) is 27.6. The van der Waals surface area contributed by atoms with Crippen molar-refractivity contribution in [1.82, 2.24) is 5.32 Å². The molecule has 1 heterocycles. The van der Waals surface area contributed by atoms with E-state index in [2.05, 4.69) is 31.3 Å². The van der Waals surface area contributed by atoms with Gasteiger partial charge in [0.05, 0.1) is 25.4 Å². The van der Waals surface area contributed by atoms with Gasteiger partial charge in [-0.05, 0) is 38.5 Å². The van der Waals surface area contributed by atoms with Gasteiger partial charge in [0.15, 0.2) is 6.29 Å². The summed E-state index contributed by atoms with van der Waals surface area (Å²) in [6.45, 7) is 3.48. The maximum atomic E-state index is 13.2. The van der Waals surface area contributed by atoms with E-state index in [0.717, 1.165) is 51.4 Å². The predicted molar refractivity (Wildman–Crippen MR) is 266 cm³/mol. The molecule has 1 amide bonds. The second-order valence-corrected chi connectivity index (χ2v) is 19.7. The third-order valence-electron chi connectivity index (χ3n) is 13.6. The fraction of sp³-hybridized carbons (Fsp3) is 0.944. The smallest absolute Gasteiger partial charge is 0.249 e. The number of hydrogen-bond acceptors (Lipinski definition) is 10. The van der Waals surface area contributed by atoms with E-state index in [-0.39, 0.29) is 6.42 Å². The normalized spacial score (nSPS) is 20.9. The van der Waals surface area contributed by atoms with Crippen LogP contribution in [0.15, 0.2) is 12.2 Å². The minimum absolute atomic E-state index is 0.256. The number of amides is 1. The van der Waals surface area contributed by atoms with Crippen LogP contribution in [-0.2, 0) is 14.3 Å². The van der Waals surface area contributed by atoms with Crippen LogP contribution in [0.5, 0.6) is 0 Å². The molecule has 11 heteroatoms. The first-order valence-corrected chi connectivity index (χ1v) is 27.6. The maximum Gasteiger partial charge on any atom is 0.249 e. The standard InChI is InChI=1S/C54H105NO10/c1-3-5-7-9-11-13-15-17-19-21-23-25-27-29-31-33-35-37-39-41-46(57)49(59)45(44-64-54-52(62)51(61)50(60)48(43-56)65-54)55-53(63)47(58)42-40-38-36-34-32-30-28-26-24-22-20-18-16-14-12-10-8-6-4-2/h24,26,45-52,54,56-62H,3-23,25,27-44H2,1-2H3,(H,55,63)/b26-24-. The molecule has 8 N–H and O–H groups in total. The number of hydrogen-bond donors (Lipinski definition) is 8. The first kappa shape index (κ1) is 61.9. The monoisotopic (exact) mass is 928 g/mol. The molecule has 9 unspecified atom stereocenters. The molecular formula is C54H105NO10. The quantitative estimate of drug-likeness (QED) is 0.0215. The Kier molecular flexibility index (Phi) is 42.0. The summed E-state index contributed by atoms with van der Waals surface area (Å²) in [5.74, 6) is -0.698. The Bertz CT molecular complexity index is 1060. The van der Waals surface area contributed by atoms with E-state index in [1.54, 1.807) is 0 Å². The summed E-state index contributed by atoms with van der Waals surface area (Å²) < 4.78 is 11.1. The SMILES string of the molecule is CCCCCCCCCCC/C=C\CCCCCCCCC(O)C(=O)NC(COC1OC(CO)C(O)C(O)C1O)C(O)C(O)CCCCCCCCCCCCCCCCCCCCC. The van der Waals surface area contributed by atoms with Gasteiger partial charge in [0, 0.05) is 0 Å². The van der Waals surface area contributed by atoms with Gasteiger partial charge in [0.2, 0.25) is 5.91 Å². The van der Waals surface area contributed by atoms with Crippen molar-refractivity contribution in [1.29, 1.82) is 0 Å². The van der Waals surface area contributed by atoms with Gasteiger partial charge in [-0.25, -0.2) is 0 Å². The highest BCUT2D eigenvalue weighted by Crippen LogP contribution is 2.23. The van der Waals surface area contributed by atoms with Crippen LogP contribution in [0.3, 0.4) is 0 Å². The summed E-state index contributed by atoms with van der Waals surface area (Å²) in [5.41, 5.74) is 0. The highest BCUT2D eigenvalue weighted by molar-refractivity contribution is 5.80. The molecule has 11 nitrogen and oxygen atoms in total. The van der Waals surface area contributed by atoms with Crippen LogP contribution in [-0.4, -0.2) is 110 Å².